The Morgan fingerprint density at radius 2 is 1.91 bits per heavy atom. The Balaban J connectivity index is 2.28. The monoisotopic (exact) mass is 303 g/mol. The first-order valence-corrected chi connectivity index (χ1v) is 6.22. The first-order valence-electron chi connectivity index (χ1n) is 6.22. The molecule has 7 heteroatoms. The Kier molecular flexibility index (Phi) is 4.57. The molecule has 1 N–H and O–H groups in total. The molecule has 1 heterocycles. The van der Waals surface area contributed by atoms with Crippen molar-refractivity contribution in [2.75, 3.05) is 19.5 Å². The molecule has 2 rings (SSSR count). The van der Waals surface area contributed by atoms with Gasteiger partial charge in [-0.15, -0.1) is 0 Å². The number of anilines is 1. The van der Waals surface area contributed by atoms with Gasteiger partial charge in [0.05, 0.1) is 25.5 Å². The lowest BCUT2D eigenvalue weighted by Gasteiger charge is -2.09. The van der Waals surface area contributed by atoms with Gasteiger partial charge in [0, 0.05) is 6.07 Å². The normalized spacial score (nSPS) is 9.91. The molecule has 0 aliphatic rings. The fraction of sp³-hybridized carbons (Fsp3) is 0.133. The number of amides is 1. The number of hydrogen-bond donors (Lipinski definition) is 1. The van der Waals surface area contributed by atoms with E-state index in [9.17, 15) is 14.4 Å². The third-order valence-corrected chi connectivity index (χ3v) is 2.82. The third kappa shape index (κ3) is 3.14. The van der Waals surface area contributed by atoms with Crippen molar-refractivity contribution in [3.05, 3.63) is 58.1 Å². The lowest BCUT2D eigenvalue weighted by molar-refractivity contribution is 0.0602. The summed E-state index contributed by atoms with van der Waals surface area (Å²) in [6.07, 6.45) is 1.05. The summed E-state index contributed by atoms with van der Waals surface area (Å²) >= 11 is 0. The van der Waals surface area contributed by atoms with Gasteiger partial charge in [-0.2, -0.15) is 0 Å². The fourth-order valence-corrected chi connectivity index (χ4v) is 1.73. The lowest BCUT2D eigenvalue weighted by Crippen LogP contribution is -2.17. The molecule has 0 saturated carbocycles. The number of esters is 1. The van der Waals surface area contributed by atoms with Gasteiger partial charge in [0.2, 0.25) is 11.2 Å². The molecule has 114 valence electrons. The summed E-state index contributed by atoms with van der Waals surface area (Å²) in [5, 5.41) is 2.49. The highest BCUT2D eigenvalue weighted by Crippen LogP contribution is 2.17. The number of benzene rings is 1. The fourth-order valence-electron chi connectivity index (χ4n) is 1.73. The van der Waals surface area contributed by atoms with Crippen LogP contribution in [0.3, 0.4) is 0 Å². The van der Waals surface area contributed by atoms with E-state index < -0.39 is 17.3 Å². The molecule has 0 bridgehead atoms. The van der Waals surface area contributed by atoms with Crippen LogP contribution in [-0.2, 0) is 4.74 Å². The Labute approximate surface area is 125 Å². The highest BCUT2D eigenvalue weighted by atomic mass is 16.5. The number of carbonyl (C=O) groups is 2. The molecular formula is C15H13NO6. The summed E-state index contributed by atoms with van der Waals surface area (Å²) in [7, 11) is 2.56. The van der Waals surface area contributed by atoms with E-state index in [1.54, 1.807) is 12.1 Å². The Hall–Kier alpha value is -3.09. The molecule has 0 radical (unpaired) electrons. The molecule has 2 aromatic rings. The largest absolute Gasteiger partial charge is 0.490 e. The molecule has 0 aliphatic heterocycles. The van der Waals surface area contributed by atoms with Gasteiger partial charge in [0.25, 0.3) is 5.91 Å². The predicted octanol–water partition coefficient (Wildman–Crippen LogP) is 1.69. The number of methoxy groups -OCH3 is 2. The molecule has 1 aromatic heterocycles. The number of para-hydroxylation sites is 1. The van der Waals surface area contributed by atoms with Gasteiger partial charge < -0.3 is 19.2 Å². The maximum absolute atomic E-state index is 12.1. The van der Waals surface area contributed by atoms with Crippen molar-refractivity contribution in [3.63, 3.8) is 0 Å². The Bertz CT molecular complexity index is 765. The minimum absolute atomic E-state index is 0.00786. The van der Waals surface area contributed by atoms with Crippen LogP contribution in [0.4, 0.5) is 5.69 Å². The van der Waals surface area contributed by atoms with Crippen molar-refractivity contribution >= 4 is 17.6 Å². The quantitative estimate of drug-likeness (QED) is 0.864. The second-order valence-electron chi connectivity index (χ2n) is 4.17. The topological polar surface area (TPSA) is 94.8 Å². The van der Waals surface area contributed by atoms with Crippen molar-refractivity contribution in [2.45, 2.75) is 0 Å². The van der Waals surface area contributed by atoms with Gasteiger partial charge >= 0.3 is 5.97 Å². The van der Waals surface area contributed by atoms with Crippen molar-refractivity contribution in [3.8, 4) is 5.75 Å². The van der Waals surface area contributed by atoms with E-state index in [4.69, 9.17) is 9.15 Å². The van der Waals surface area contributed by atoms with E-state index in [1.807, 2.05) is 0 Å². The molecule has 0 unspecified atom stereocenters. The molecular weight excluding hydrogens is 290 g/mol. The molecule has 0 fully saturated rings. The van der Waals surface area contributed by atoms with Crippen molar-refractivity contribution in [1.29, 1.82) is 0 Å². The molecule has 22 heavy (non-hydrogen) atoms. The molecule has 1 amide bonds. The van der Waals surface area contributed by atoms with Gasteiger partial charge in [-0.05, 0) is 12.1 Å². The lowest BCUT2D eigenvalue weighted by atomic mass is 10.1. The molecule has 0 aliphatic carbocycles. The van der Waals surface area contributed by atoms with E-state index in [1.165, 1.54) is 26.4 Å². The molecule has 1 aromatic carbocycles. The minimum Gasteiger partial charge on any atom is -0.490 e. The number of carbonyl (C=O) groups excluding carboxylic acids is 2. The second kappa shape index (κ2) is 6.57. The van der Waals surface area contributed by atoms with Crippen molar-refractivity contribution in [2.24, 2.45) is 0 Å². The second-order valence-corrected chi connectivity index (χ2v) is 4.17. The van der Waals surface area contributed by atoms with Gasteiger partial charge in [0.1, 0.15) is 6.26 Å². The van der Waals surface area contributed by atoms with Crippen molar-refractivity contribution < 1.29 is 23.5 Å². The van der Waals surface area contributed by atoms with E-state index >= 15 is 0 Å². The van der Waals surface area contributed by atoms with E-state index in [0.717, 1.165) is 12.3 Å². The van der Waals surface area contributed by atoms with Gasteiger partial charge in [0.15, 0.2) is 5.76 Å². The maximum atomic E-state index is 12.1. The molecule has 0 spiro atoms. The van der Waals surface area contributed by atoms with Crippen LogP contribution in [-0.4, -0.2) is 26.1 Å². The van der Waals surface area contributed by atoms with Crippen LogP contribution >= 0.6 is 0 Å². The third-order valence-electron chi connectivity index (χ3n) is 2.82. The predicted molar refractivity (Wildman–Crippen MR) is 77.3 cm³/mol. The average molecular weight is 303 g/mol. The zero-order valence-electron chi connectivity index (χ0n) is 11.9. The summed E-state index contributed by atoms with van der Waals surface area (Å²) in [5.41, 5.74) is -0.0489. The van der Waals surface area contributed by atoms with E-state index in [2.05, 4.69) is 10.1 Å². The van der Waals surface area contributed by atoms with Crippen molar-refractivity contribution in [1.82, 2.24) is 0 Å². The minimum atomic E-state index is -0.670. The maximum Gasteiger partial charge on any atom is 0.339 e. The van der Waals surface area contributed by atoms with Crippen LogP contribution in [0.1, 0.15) is 20.9 Å². The highest BCUT2D eigenvalue weighted by molar-refractivity contribution is 6.06. The van der Waals surface area contributed by atoms with E-state index in [-0.39, 0.29) is 22.8 Å². The Morgan fingerprint density at radius 3 is 2.55 bits per heavy atom. The Morgan fingerprint density at radius 1 is 1.18 bits per heavy atom. The highest BCUT2D eigenvalue weighted by Gasteiger charge is 2.16. The molecule has 0 atom stereocenters. The molecule has 0 saturated heterocycles. The molecule has 7 nitrogen and oxygen atoms in total. The zero-order valence-corrected chi connectivity index (χ0v) is 11.9. The summed E-state index contributed by atoms with van der Waals surface area (Å²) in [6, 6.07) is 7.33. The number of hydrogen-bond acceptors (Lipinski definition) is 6. The van der Waals surface area contributed by atoms with Crippen LogP contribution in [0.25, 0.3) is 0 Å². The van der Waals surface area contributed by atoms with Gasteiger partial charge in [-0.1, -0.05) is 12.1 Å². The average Bonchev–Trinajstić information content (AvgIpc) is 2.54. The number of rotatable bonds is 4. The van der Waals surface area contributed by atoms with Crippen LogP contribution in [0.2, 0.25) is 0 Å². The summed E-state index contributed by atoms with van der Waals surface area (Å²) in [6.45, 7) is 0. The number of ether oxygens (including phenoxy) is 2. The summed E-state index contributed by atoms with van der Waals surface area (Å²) in [5.74, 6) is -1.47. The van der Waals surface area contributed by atoms with Gasteiger partial charge in [-0.3, -0.25) is 9.59 Å². The van der Waals surface area contributed by atoms with Crippen LogP contribution in [0.15, 0.2) is 45.8 Å². The first-order chi connectivity index (χ1) is 10.6. The summed E-state index contributed by atoms with van der Waals surface area (Å²) < 4.78 is 14.4. The van der Waals surface area contributed by atoms with Crippen LogP contribution in [0, 0.1) is 0 Å². The SMILES string of the molecule is COC(=O)c1ccccc1NC(=O)c1cc(=O)c(OC)co1. The first kappa shape index (κ1) is 15.3. The smallest absolute Gasteiger partial charge is 0.339 e. The summed E-state index contributed by atoms with van der Waals surface area (Å²) in [4.78, 5) is 35.3. The zero-order chi connectivity index (χ0) is 16.1. The van der Waals surface area contributed by atoms with Crippen LogP contribution in [0.5, 0.6) is 5.75 Å². The van der Waals surface area contributed by atoms with Gasteiger partial charge in [-0.25, -0.2) is 4.79 Å². The standard InChI is InChI=1S/C15H13NO6/c1-20-13-8-22-12(7-11(13)17)14(18)16-10-6-4-3-5-9(10)15(19)21-2/h3-8H,1-2H3,(H,16,18). The van der Waals surface area contributed by atoms with E-state index in [0.29, 0.717) is 0 Å². The number of nitrogens with one attached hydrogen (secondary N) is 1. The van der Waals surface area contributed by atoms with Crippen LogP contribution < -0.4 is 15.5 Å².